The summed E-state index contributed by atoms with van der Waals surface area (Å²) in [5.41, 5.74) is 1.97. The van der Waals surface area contributed by atoms with E-state index in [0.29, 0.717) is 12.8 Å². The second kappa shape index (κ2) is 6.71. The summed E-state index contributed by atoms with van der Waals surface area (Å²) in [5.74, 6) is 0.0309. The smallest absolute Gasteiger partial charge is 0.243 e. The molecule has 2 fully saturated rings. The Labute approximate surface area is 137 Å². The van der Waals surface area contributed by atoms with E-state index in [-0.39, 0.29) is 23.9 Å². The Morgan fingerprint density at radius 1 is 1.13 bits per heavy atom. The largest absolute Gasteiger partial charge is 0.351 e. The molecule has 2 saturated heterocycles. The SMILES string of the molecule is Cc1ccc(N2C(=O)CC[C@H]2C(=O)NC2CCN(C)CC2)cc1. The van der Waals surface area contributed by atoms with E-state index in [2.05, 4.69) is 17.3 Å². The maximum Gasteiger partial charge on any atom is 0.243 e. The van der Waals surface area contributed by atoms with Gasteiger partial charge in [0, 0.05) is 18.2 Å². The van der Waals surface area contributed by atoms with E-state index < -0.39 is 0 Å². The maximum absolute atomic E-state index is 12.7. The molecule has 3 rings (SSSR count). The van der Waals surface area contributed by atoms with Crippen molar-refractivity contribution in [3.8, 4) is 0 Å². The number of hydrogen-bond donors (Lipinski definition) is 1. The van der Waals surface area contributed by atoms with Crippen molar-refractivity contribution < 1.29 is 9.59 Å². The predicted molar refractivity (Wildman–Crippen MR) is 90.3 cm³/mol. The summed E-state index contributed by atoms with van der Waals surface area (Å²) in [4.78, 5) is 28.9. The van der Waals surface area contributed by atoms with Crippen LogP contribution in [0.5, 0.6) is 0 Å². The van der Waals surface area contributed by atoms with E-state index in [4.69, 9.17) is 0 Å². The van der Waals surface area contributed by atoms with Crippen LogP contribution in [0.15, 0.2) is 24.3 Å². The summed E-state index contributed by atoms with van der Waals surface area (Å²) < 4.78 is 0. The number of rotatable bonds is 3. The number of hydrogen-bond acceptors (Lipinski definition) is 3. The molecule has 0 unspecified atom stereocenters. The number of piperidine rings is 1. The number of carbonyl (C=O) groups excluding carboxylic acids is 2. The molecule has 1 aromatic carbocycles. The van der Waals surface area contributed by atoms with Gasteiger partial charge in [-0.25, -0.2) is 0 Å². The first-order valence-electron chi connectivity index (χ1n) is 8.42. The molecule has 2 amide bonds. The maximum atomic E-state index is 12.7. The molecular weight excluding hydrogens is 290 g/mol. The Bertz CT molecular complexity index is 576. The van der Waals surface area contributed by atoms with Crippen LogP contribution in [0.1, 0.15) is 31.2 Å². The summed E-state index contributed by atoms with van der Waals surface area (Å²) in [6.45, 7) is 4.03. The van der Waals surface area contributed by atoms with Gasteiger partial charge in [-0.1, -0.05) is 17.7 Å². The van der Waals surface area contributed by atoms with Crippen molar-refractivity contribution in [2.45, 2.75) is 44.7 Å². The Balaban J connectivity index is 1.69. The number of carbonyl (C=O) groups is 2. The third-order valence-corrected chi connectivity index (χ3v) is 4.89. The monoisotopic (exact) mass is 315 g/mol. The molecule has 124 valence electrons. The molecule has 0 bridgehead atoms. The molecule has 1 atom stereocenters. The highest BCUT2D eigenvalue weighted by Crippen LogP contribution is 2.27. The minimum atomic E-state index is -0.370. The normalized spacial score (nSPS) is 23.3. The van der Waals surface area contributed by atoms with Gasteiger partial charge in [-0.3, -0.25) is 14.5 Å². The van der Waals surface area contributed by atoms with Gasteiger partial charge < -0.3 is 10.2 Å². The highest BCUT2D eigenvalue weighted by Gasteiger charge is 2.37. The third-order valence-electron chi connectivity index (χ3n) is 4.89. The number of benzene rings is 1. The van der Waals surface area contributed by atoms with Crippen LogP contribution >= 0.6 is 0 Å². The van der Waals surface area contributed by atoms with E-state index in [9.17, 15) is 9.59 Å². The lowest BCUT2D eigenvalue weighted by Crippen LogP contribution is -2.50. The highest BCUT2D eigenvalue weighted by molar-refractivity contribution is 6.03. The van der Waals surface area contributed by atoms with Gasteiger partial charge in [0.1, 0.15) is 6.04 Å². The van der Waals surface area contributed by atoms with Gasteiger partial charge in [0.05, 0.1) is 0 Å². The number of nitrogens with zero attached hydrogens (tertiary/aromatic N) is 2. The molecule has 23 heavy (non-hydrogen) atoms. The fourth-order valence-corrected chi connectivity index (χ4v) is 3.41. The topological polar surface area (TPSA) is 52.7 Å². The van der Waals surface area contributed by atoms with Crippen molar-refractivity contribution in [1.29, 1.82) is 0 Å². The molecule has 2 aliphatic heterocycles. The molecule has 2 aliphatic rings. The lowest BCUT2D eigenvalue weighted by Gasteiger charge is -2.31. The van der Waals surface area contributed by atoms with Gasteiger partial charge in [0.25, 0.3) is 0 Å². The lowest BCUT2D eigenvalue weighted by atomic mass is 10.0. The molecule has 1 N–H and O–H groups in total. The second-order valence-corrected chi connectivity index (χ2v) is 6.74. The standard InChI is InChI=1S/C18H25N3O2/c1-13-3-5-15(6-4-13)21-16(7-8-17(21)22)18(23)19-14-9-11-20(2)12-10-14/h3-6,14,16H,7-12H2,1-2H3,(H,19,23)/t16-/m0/s1. The number of amides is 2. The van der Waals surface area contributed by atoms with Crippen LogP contribution < -0.4 is 10.2 Å². The number of nitrogens with one attached hydrogen (secondary N) is 1. The fourth-order valence-electron chi connectivity index (χ4n) is 3.41. The number of anilines is 1. The van der Waals surface area contributed by atoms with Crippen molar-refractivity contribution in [3.63, 3.8) is 0 Å². The van der Waals surface area contributed by atoms with Crippen LogP contribution in [0.3, 0.4) is 0 Å². The summed E-state index contributed by atoms with van der Waals surface area (Å²) in [5, 5.41) is 3.15. The van der Waals surface area contributed by atoms with Crippen LogP contribution in [-0.4, -0.2) is 48.9 Å². The average Bonchev–Trinajstić information content (AvgIpc) is 2.92. The third kappa shape index (κ3) is 3.55. The van der Waals surface area contributed by atoms with Crippen LogP contribution in [0.4, 0.5) is 5.69 Å². The molecular formula is C18H25N3O2. The zero-order chi connectivity index (χ0) is 16.4. The van der Waals surface area contributed by atoms with Crippen molar-refractivity contribution >= 4 is 17.5 Å². The van der Waals surface area contributed by atoms with Crippen molar-refractivity contribution in [2.24, 2.45) is 0 Å². The van der Waals surface area contributed by atoms with E-state index in [0.717, 1.165) is 37.2 Å². The van der Waals surface area contributed by atoms with E-state index in [1.54, 1.807) is 4.90 Å². The van der Waals surface area contributed by atoms with Crippen molar-refractivity contribution in [3.05, 3.63) is 29.8 Å². The van der Waals surface area contributed by atoms with Crippen LogP contribution in [-0.2, 0) is 9.59 Å². The Morgan fingerprint density at radius 2 is 1.78 bits per heavy atom. The van der Waals surface area contributed by atoms with Gasteiger partial charge in [-0.05, 0) is 58.5 Å². The van der Waals surface area contributed by atoms with Gasteiger partial charge in [-0.2, -0.15) is 0 Å². The number of aryl methyl sites for hydroxylation is 1. The predicted octanol–water partition coefficient (Wildman–Crippen LogP) is 1.70. The minimum absolute atomic E-state index is 0.00835. The summed E-state index contributed by atoms with van der Waals surface area (Å²) in [6, 6.07) is 7.67. The quantitative estimate of drug-likeness (QED) is 0.924. The van der Waals surface area contributed by atoms with Crippen LogP contribution in [0.25, 0.3) is 0 Å². The molecule has 0 radical (unpaired) electrons. The first-order valence-corrected chi connectivity index (χ1v) is 8.42. The van der Waals surface area contributed by atoms with Gasteiger partial charge >= 0.3 is 0 Å². The molecule has 0 aliphatic carbocycles. The number of likely N-dealkylation sites (tertiary alicyclic amines) is 1. The summed E-state index contributed by atoms with van der Waals surface area (Å²) in [6.07, 6.45) is 3.01. The molecule has 5 heteroatoms. The molecule has 0 aromatic heterocycles. The first-order chi connectivity index (χ1) is 11.0. The van der Waals surface area contributed by atoms with Crippen molar-refractivity contribution in [1.82, 2.24) is 10.2 Å². The summed E-state index contributed by atoms with van der Waals surface area (Å²) >= 11 is 0. The first kappa shape index (κ1) is 16.0. The van der Waals surface area contributed by atoms with Crippen LogP contribution in [0.2, 0.25) is 0 Å². The molecule has 5 nitrogen and oxygen atoms in total. The lowest BCUT2D eigenvalue weighted by molar-refractivity contribution is -0.124. The molecule has 0 saturated carbocycles. The summed E-state index contributed by atoms with van der Waals surface area (Å²) in [7, 11) is 2.10. The fraction of sp³-hybridized carbons (Fsp3) is 0.556. The zero-order valence-electron chi connectivity index (χ0n) is 13.9. The average molecular weight is 315 g/mol. The Morgan fingerprint density at radius 3 is 2.43 bits per heavy atom. The molecule has 1 aromatic rings. The molecule has 0 spiro atoms. The second-order valence-electron chi connectivity index (χ2n) is 6.74. The highest BCUT2D eigenvalue weighted by atomic mass is 16.2. The Hall–Kier alpha value is -1.88. The Kier molecular flexibility index (Phi) is 4.66. The van der Waals surface area contributed by atoms with E-state index >= 15 is 0 Å². The minimum Gasteiger partial charge on any atom is -0.351 e. The van der Waals surface area contributed by atoms with Gasteiger partial charge in [-0.15, -0.1) is 0 Å². The van der Waals surface area contributed by atoms with Gasteiger partial charge in [0.2, 0.25) is 11.8 Å². The molecule has 2 heterocycles. The van der Waals surface area contributed by atoms with E-state index in [1.165, 1.54) is 0 Å². The van der Waals surface area contributed by atoms with E-state index in [1.807, 2.05) is 31.2 Å². The zero-order valence-corrected chi connectivity index (χ0v) is 13.9. The van der Waals surface area contributed by atoms with Crippen LogP contribution in [0, 0.1) is 6.92 Å². The van der Waals surface area contributed by atoms with Gasteiger partial charge in [0.15, 0.2) is 0 Å². The van der Waals surface area contributed by atoms with Crippen molar-refractivity contribution in [2.75, 3.05) is 25.0 Å².